The second kappa shape index (κ2) is 20.8. The van der Waals surface area contributed by atoms with Gasteiger partial charge in [-0.2, -0.15) is 15.2 Å². The van der Waals surface area contributed by atoms with E-state index in [1.807, 2.05) is 37.1 Å². The number of aromatic nitrogens is 4. The number of amides is 2. The van der Waals surface area contributed by atoms with E-state index in [1.165, 1.54) is 23.1 Å². The van der Waals surface area contributed by atoms with Gasteiger partial charge in [-0.15, -0.1) is 11.3 Å². The number of nitriles is 1. The van der Waals surface area contributed by atoms with Crippen molar-refractivity contribution in [2.45, 2.75) is 83.2 Å². The Hall–Kier alpha value is -8.46. The van der Waals surface area contributed by atoms with Gasteiger partial charge in [-0.3, -0.25) is 14.4 Å². The molecule has 0 saturated carbocycles. The molecule has 1 aliphatic carbocycles. The fraction of sp³-hybridized carbons (Fsp3) is 0.362. The van der Waals surface area contributed by atoms with Crippen molar-refractivity contribution < 1.29 is 46.9 Å². The third-order valence-electron chi connectivity index (χ3n) is 16.6. The zero-order chi connectivity index (χ0) is 57.6. The number of halogens is 3. The monoisotopic (exact) mass is 1150 g/mol. The number of esters is 2. The van der Waals surface area contributed by atoms with Gasteiger partial charge >= 0.3 is 24.0 Å². The van der Waals surface area contributed by atoms with Crippen LogP contribution in [-0.4, -0.2) is 118 Å². The number of ether oxygens (including phenoxy) is 4. The first kappa shape index (κ1) is 54.1. The minimum atomic E-state index is -2.03. The minimum Gasteiger partial charge on any atom is -0.462 e. The van der Waals surface area contributed by atoms with Gasteiger partial charge in [-0.1, -0.05) is 31.2 Å². The topological polar surface area (TPSA) is 263 Å². The van der Waals surface area contributed by atoms with Crippen molar-refractivity contribution in [3.63, 3.8) is 0 Å². The number of hydrogen-bond acceptors (Lipinski definition) is 18. The average Bonchev–Trinajstić information content (AvgIpc) is 2.65. The number of benzene rings is 3. The van der Waals surface area contributed by atoms with Crippen LogP contribution in [0.25, 0.3) is 54.4 Å². The number of nitrogen functional groups attached to an aromatic ring is 2. The van der Waals surface area contributed by atoms with Crippen molar-refractivity contribution in [3.05, 3.63) is 109 Å². The molecular formula is C58H54ClF2N11O9S. The Morgan fingerprint density at radius 3 is 2.59 bits per heavy atom. The third-order valence-corrected chi connectivity index (χ3v) is 17.9. The van der Waals surface area contributed by atoms with Crippen LogP contribution in [0.2, 0.25) is 5.02 Å². The SMILES string of the molecule is C=C(COC(=O)NCC(=O)OC1(CC)C(=O)OCc2c1cc1n(c2=O)Cc2c-1nc1ccc(N)c3c1c2CCC3)C(=O)N1CCN(c2nc(OCC3CCCN3C)nc3c(F)c(-c4ccc(F)c5sc(N)c(C#N)c45)c(Cl)cc23)C(C)C1. The number of pyridine rings is 2. The maximum Gasteiger partial charge on any atom is 0.407 e. The van der Waals surface area contributed by atoms with Gasteiger partial charge in [0.15, 0.2) is 5.82 Å². The molecule has 20 nitrogen and oxygen atoms in total. The van der Waals surface area contributed by atoms with Crippen LogP contribution in [0.5, 0.6) is 6.01 Å². The predicted molar refractivity (Wildman–Crippen MR) is 302 cm³/mol. The zero-order valence-electron chi connectivity index (χ0n) is 44.9. The molecular weight excluding hydrogens is 1100 g/mol. The first-order valence-corrected chi connectivity index (χ1v) is 28.1. The highest BCUT2D eigenvalue weighted by Gasteiger charge is 2.51. The smallest absolute Gasteiger partial charge is 0.407 e. The largest absolute Gasteiger partial charge is 0.462 e. The molecule has 82 heavy (non-hydrogen) atoms. The van der Waals surface area contributed by atoms with E-state index in [9.17, 15) is 29.2 Å². The van der Waals surface area contributed by atoms with Gasteiger partial charge in [-0.05, 0) is 106 Å². The number of nitrogens with zero attached hydrogens (tertiary/aromatic N) is 8. The number of nitrogens with one attached hydrogen (secondary N) is 1. The summed E-state index contributed by atoms with van der Waals surface area (Å²) in [7, 11) is 1.99. The van der Waals surface area contributed by atoms with Crippen molar-refractivity contribution in [2.75, 3.05) is 69.4 Å². The molecule has 5 N–H and O–H groups in total. The summed E-state index contributed by atoms with van der Waals surface area (Å²) in [6, 6.07) is 10.9. The number of alkyl carbamates (subject to hydrolysis) is 1. The molecule has 0 radical (unpaired) electrons. The van der Waals surface area contributed by atoms with Crippen molar-refractivity contribution in [3.8, 4) is 34.6 Å². The molecule has 24 heteroatoms. The Bertz CT molecular complexity index is 4070. The van der Waals surface area contributed by atoms with Crippen LogP contribution in [0.4, 0.5) is 30.1 Å². The van der Waals surface area contributed by atoms with E-state index in [0.29, 0.717) is 17.1 Å². The molecule has 0 spiro atoms. The number of fused-ring (bicyclic) bond motifs is 7. The molecule has 8 heterocycles. The number of likely N-dealkylation sites (N-methyl/N-ethyl adjacent to an activating group) is 1. The number of cyclic esters (lactones) is 1. The first-order chi connectivity index (χ1) is 39.4. The van der Waals surface area contributed by atoms with Gasteiger partial charge in [0.25, 0.3) is 11.5 Å². The molecule has 3 atom stereocenters. The molecule has 4 aromatic heterocycles. The first-order valence-electron chi connectivity index (χ1n) is 26.9. The molecule has 5 aliphatic rings. The average molecular weight is 1150 g/mol. The molecule has 7 aromatic rings. The number of thiophene rings is 1. The lowest BCUT2D eigenvalue weighted by molar-refractivity contribution is -0.188. The van der Waals surface area contributed by atoms with E-state index < -0.39 is 65.9 Å². The number of aryl methyl sites for hydroxylation is 2. The molecule has 3 unspecified atom stereocenters. The summed E-state index contributed by atoms with van der Waals surface area (Å²) in [5.74, 6) is -3.63. The molecule has 422 valence electrons. The lowest BCUT2D eigenvalue weighted by Crippen LogP contribution is -2.54. The predicted octanol–water partition coefficient (Wildman–Crippen LogP) is 7.40. The second-order valence-corrected chi connectivity index (χ2v) is 22.7. The van der Waals surface area contributed by atoms with E-state index in [0.717, 1.165) is 77.6 Å². The normalized spacial score (nSPS) is 19.2. The second-order valence-electron chi connectivity index (χ2n) is 21.3. The molecule has 3 aromatic carbocycles. The molecule has 2 amide bonds. The molecule has 2 fully saturated rings. The number of anilines is 3. The maximum atomic E-state index is 17.3. The van der Waals surface area contributed by atoms with Gasteiger partial charge in [0, 0.05) is 75.8 Å². The fourth-order valence-electron chi connectivity index (χ4n) is 12.4. The van der Waals surface area contributed by atoms with Crippen LogP contribution in [0.1, 0.15) is 72.9 Å². The van der Waals surface area contributed by atoms with E-state index in [-0.39, 0.29) is 128 Å². The van der Waals surface area contributed by atoms with Crippen LogP contribution >= 0.6 is 22.9 Å². The quantitative estimate of drug-likeness (QED) is 0.0465. The van der Waals surface area contributed by atoms with Crippen molar-refractivity contribution in [1.82, 2.24) is 34.6 Å². The Kier molecular flexibility index (Phi) is 13.7. The Morgan fingerprint density at radius 1 is 1.02 bits per heavy atom. The zero-order valence-corrected chi connectivity index (χ0v) is 46.5. The van der Waals surface area contributed by atoms with Gasteiger partial charge in [0.05, 0.1) is 44.3 Å². The van der Waals surface area contributed by atoms with Crippen molar-refractivity contribution >= 4 is 95.3 Å². The standard InChI is InChI=1S/C58H54ClF2N11O9S/c1-5-58(37-19-42-48-35(23-72(42)54(75)36(37)26-78-55(58)76)30-9-6-10-31-40(63)13-14-41(66-48)44(30)31)81-43(73)21-65-57(77)80-24-27(2)53(74)70-16-17-71(28(3)22-70)52-33-18-38(59)46(32-11-12-39(60)50-45(32)34(20-62)51(64)82-50)47(61)49(33)67-56(68-52)79-25-29-8-7-15-69(29)4/h11-14,18-19,28-29H,2,5-10,15-17,21-26,63-64H2,1,3-4H3,(H,65,77). The number of piperazine rings is 1. The lowest BCUT2D eigenvalue weighted by atomic mass is 9.85. The number of nitrogens with two attached hydrogens (primary N) is 2. The Labute approximate surface area is 476 Å². The number of hydrogen-bond donors (Lipinski definition) is 3. The van der Waals surface area contributed by atoms with Crippen molar-refractivity contribution in [2.24, 2.45) is 0 Å². The number of carbonyl (C=O) groups excluding carboxylic acids is 4. The summed E-state index contributed by atoms with van der Waals surface area (Å²) in [6.45, 7) is 7.53. The van der Waals surface area contributed by atoms with Crippen molar-refractivity contribution in [1.29, 1.82) is 5.26 Å². The number of likely N-dealkylation sites (tertiary alicyclic amines) is 1. The van der Waals surface area contributed by atoms with E-state index in [4.69, 9.17) is 52.0 Å². The summed E-state index contributed by atoms with van der Waals surface area (Å²) in [6.07, 6.45) is 3.17. The van der Waals surface area contributed by atoms with Gasteiger partial charge in [0.2, 0.25) is 5.60 Å². The highest BCUT2D eigenvalue weighted by atomic mass is 35.5. The van der Waals surface area contributed by atoms with Crippen LogP contribution < -0.4 is 32.0 Å². The molecule has 4 aliphatic heterocycles. The summed E-state index contributed by atoms with van der Waals surface area (Å²) < 4.78 is 57.0. The Morgan fingerprint density at radius 2 is 1.83 bits per heavy atom. The highest BCUT2D eigenvalue weighted by Crippen LogP contribution is 2.47. The third kappa shape index (κ3) is 8.85. The van der Waals surface area contributed by atoms with Crippen LogP contribution in [0.15, 0.2) is 53.3 Å². The molecule has 0 bridgehead atoms. The fourth-order valence-corrected chi connectivity index (χ4v) is 13.6. The van der Waals surface area contributed by atoms with E-state index >= 15 is 8.78 Å². The van der Waals surface area contributed by atoms with Crippen LogP contribution in [0, 0.1) is 23.0 Å². The Balaban J connectivity index is 0.719. The summed E-state index contributed by atoms with van der Waals surface area (Å²) in [5.41, 5.74) is 15.8. The maximum absolute atomic E-state index is 17.3. The van der Waals surface area contributed by atoms with E-state index in [2.05, 4.69) is 21.8 Å². The van der Waals surface area contributed by atoms with Gasteiger partial charge in [0.1, 0.15) is 54.6 Å². The summed E-state index contributed by atoms with van der Waals surface area (Å²) in [5, 5.41) is 13.7. The van der Waals surface area contributed by atoms with E-state index in [1.54, 1.807) is 17.6 Å². The number of carbonyl (C=O) groups is 4. The highest BCUT2D eigenvalue weighted by molar-refractivity contribution is 7.23. The van der Waals surface area contributed by atoms with Crippen LogP contribution in [-0.2, 0) is 60.2 Å². The molecule has 2 saturated heterocycles. The van der Waals surface area contributed by atoms with Gasteiger partial charge in [-0.25, -0.2) is 23.4 Å². The van der Waals surface area contributed by atoms with Crippen LogP contribution in [0.3, 0.4) is 0 Å². The molecule has 12 rings (SSSR count). The summed E-state index contributed by atoms with van der Waals surface area (Å²) >= 11 is 7.82. The number of rotatable bonds is 12. The lowest BCUT2D eigenvalue weighted by Gasteiger charge is -2.41. The minimum absolute atomic E-state index is 0.00499. The van der Waals surface area contributed by atoms with Gasteiger partial charge < -0.3 is 55.0 Å². The summed E-state index contributed by atoms with van der Waals surface area (Å²) in [4.78, 5) is 88.4.